The Hall–Kier alpha value is -0.630. The number of rotatable bonds is 7. The van der Waals surface area contributed by atoms with Crippen LogP contribution in [0.5, 0.6) is 0 Å². The molecule has 0 aromatic carbocycles. The molecule has 1 fully saturated rings. The van der Waals surface area contributed by atoms with E-state index in [1.807, 2.05) is 13.8 Å². The highest BCUT2D eigenvalue weighted by Gasteiger charge is 2.29. The lowest BCUT2D eigenvalue weighted by Gasteiger charge is -2.29. The summed E-state index contributed by atoms with van der Waals surface area (Å²) < 4.78 is 5.70. The maximum atomic E-state index is 12.2. The van der Waals surface area contributed by atoms with Crippen molar-refractivity contribution in [3.8, 4) is 0 Å². The molecule has 1 rings (SSSR count). The normalized spacial score (nSPS) is 18.9. The number of ketones is 1. The molecule has 2 heteroatoms. The summed E-state index contributed by atoms with van der Waals surface area (Å²) in [6, 6.07) is 0. The summed E-state index contributed by atoms with van der Waals surface area (Å²) >= 11 is 0. The van der Waals surface area contributed by atoms with Crippen LogP contribution in [0.2, 0.25) is 0 Å². The first-order valence-electron chi connectivity index (χ1n) is 7.00. The van der Waals surface area contributed by atoms with Gasteiger partial charge in [0.25, 0.3) is 0 Å². The zero-order valence-electron chi connectivity index (χ0n) is 11.3. The molecule has 0 bridgehead atoms. The molecule has 2 nitrogen and oxygen atoms in total. The number of carbonyl (C=O) groups excluding carboxylic acids is 1. The zero-order valence-corrected chi connectivity index (χ0v) is 11.3. The van der Waals surface area contributed by atoms with Crippen LogP contribution in [0.1, 0.15) is 58.8 Å². The van der Waals surface area contributed by atoms with E-state index < -0.39 is 0 Å². The smallest absolute Gasteiger partial charge is 0.165 e. The van der Waals surface area contributed by atoms with Gasteiger partial charge in [0.05, 0.1) is 0 Å². The van der Waals surface area contributed by atoms with E-state index in [9.17, 15) is 4.79 Å². The average Bonchev–Trinajstić information content (AvgIpc) is 2.36. The highest BCUT2D eigenvalue weighted by molar-refractivity contribution is 5.85. The second-order valence-electron chi connectivity index (χ2n) is 5.02. The highest BCUT2D eigenvalue weighted by Crippen LogP contribution is 2.29. The molecule has 0 radical (unpaired) electrons. The molecule has 0 heterocycles. The van der Waals surface area contributed by atoms with E-state index in [1.165, 1.54) is 19.3 Å². The minimum Gasteiger partial charge on any atom is -0.370 e. The average molecular weight is 238 g/mol. The van der Waals surface area contributed by atoms with Crippen LogP contribution in [0.25, 0.3) is 0 Å². The Labute approximate surface area is 105 Å². The Kier molecular flexibility index (Phi) is 6.49. The minimum absolute atomic E-state index is 0.177. The first kappa shape index (κ1) is 14.4. The number of hydrogen-bond donors (Lipinski definition) is 0. The lowest BCUT2D eigenvalue weighted by atomic mass is 9.82. The van der Waals surface area contributed by atoms with Gasteiger partial charge < -0.3 is 4.74 Å². The molecule has 1 aliphatic rings. The maximum Gasteiger partial charge on any atom is 0.165 e. The number of ether oxygens (including phenoxy) is 1. The van der Waals surface area contributed by atoms with E-state index in [1.54, 1.807) is 0 Å². The van der Waals surface area contributed by atoms with Gasteiger partial charge in [-0.1, -0.05) is 38.3 Å². The number of Topliss-reactive ketones (excluding diaryl/α,β-unsaturated/α-hetero) is 1. The molecule has 0 aromatic rings. The second kappa shape index (κ2) is 7.65. The second-order valence-corrected chi connectivity index (χ2v) is 5.02. The summed E-state index contributed by atoms with van der Waals surface area (Å²) in [5, 5.41) is 0. The van der Waals surface area contributed by atoms with Crippen molar-refractivity contribution in [2.45, 2.75) is 64.9 Å². The molecule has 0 saturated heterocycles. The van der Waals surface area contributed by atoms with Gasteiger partial charge in [-0.2, -0.15) is 0 Å². The van der Waals surface area contributed by atoms with Crippen molar-refractivity contribution in [3.05, 3.63) is 12.2 Å². The van der Waals surface area contributed by atoms with Gasteiger partial charge in [-0.25, -0.2) is 0 Å². The van der Waals surface area contributed by atoms with E-state index in [0.717, 1.165) is 24.8 Å². The van der Waals surface area contributed by atoms with Gasteiger partial charge in [0.1, 0.15) is 6.10 Å². The summed E-state index contributed by atoms with van der Waals surface area (Å²) in [7, 11) is 0. The molecule has 17 heavy (non-hydrogen) atoms. The Morgan fingerprint density at radius 1 is 1.29 bits per heavy atom. The Bertz CT molecular complexity index is 252. The first-order chi connectivity index (χ1) is 8.19. The highest BCUT2D eigenvalue weighted by atomic mass is 16.5. The fourth-order valence-corrected chi connectivity index (χ4v) is 2.58. The van der Waals surface area contributed by atoms with Crippen LogP contribution in [-0.2, 0) is 9.53 Å². The molecule has 1 atom stereocenters. The van der Waals surface area contributed by atoms with Crippen LogP contribution in [0.3, 0.4) is 0 Å². The van der Waals surface area contributed by atoms with Crippen LogP contribution >= 0.6 is 0 Å². The van der Waals surface area contributed by atoms with Crippen LogP contribution in [-0.4, -0.2) is 18.5 Å². The summed E-state index contributed by atoms with van der Waals surface area (Å²) in [6.45, 7) is 8.57. The molecular formula is C15H26O2. The van der Waals surface area contributed by atoms with E-state index >= 15 is 0 Å². The molecule has 1 saturated carbocycles. The number of allylic oxidation sites excluding steroid dienone is 1. The zero-order chi connectivity index (χ0) is 12.7. The van der Waals surface area contributed by atoms with Gasteiger partial charge >= 0.3 is 0 Å². The van der Waals surface area contributed by atoms with Crippen LogP contribution in [0, 0.1) is 5.92 Å². The summed E-state index contributed by atoms with van der Waals surface area (Å²) in [4.78, 5) is 12.2. The van der Waals surface area contributed by atoms with Crippen molar-refractivity contribution >= 4 is 5.78 Å². The van der Waals surface area contributed by atoms with Crippen molar-refractivity contribution in [2.75, 3.05) is 6.61 Å². The van der Waals surface area contributed by atoms with Gasteiger partial charge in [-0.05, 0) is 32.1 Å². The standard InChI is InChI=1S/C15H26O2/c1-4-12(3)11-14(16)15(17-5-2)13-9-7-6-8-10-13/h13,15H,3-11H2,1-2H3. The molecule has 1 unspecified atom stereocenters. The summed E-state index contributed by atoms with van der Waals surface area (Å²) in [6.07, 6.45) is 7.30. The molecular weight excluding hydrogens is 212 g/mol. The summed E-state index contributed by atoms with van der Waals surface area (Å²) in [5.41, 5.74) is 1.02. The predicted octanol–water partition coefficient (Wildman–Crippen LogP) is 3.90. The van der Waals surface area contributed by atoms with Gasteiger partial charge in [-0.3, -0.25) is 4.79 Å². The predicted molar refractivity (Wildman–Crippen MR) is 71.0 cm³/mol. The third-order valence-electron chi connectivity index (χ3n) is 3.67. The fraction of sp³-hybridized carbons (Fsp3) is 0.800. The monoisotopic (exact) mass is 238 g/mol. The van der Waals surface area contributed by atoms with Gasteiger partial charge in [0, 0.05) is 13.0 Å². The van der Waals surface area contributed by atoms with Gasteiger partial charge in [0.2, 0.25) is 0 Å². The van der Waals surface area contributed by atoms with Crippen LogP contribution in [0.15, 0.2) is 12.2 Å². The van der Waals surface area contributed by atoms with Crippen LogP contribution < -0.4 is 0 Å². The third kappa shape index (κ3) is 4.63. The third-order valence-corrected chi connectivity index (χ3v) is 3.67. The van der Waals surface area contributed by atoms with Crippen molar-refractivity contribution in [1.29, 1.82) is 0 Å². The van der Waals surface area contributed by atoms with Gasteiger partial charge in [-0.15, -0.1) is 0 Å². The quantitative estimate of drug-likeness (QED) is 0.629. The SMILES string of the molecule is C=C(CC)CC(=O)C(OCC)C1CCCCC1. The molecule has 98 valence electrons. The largest absolute Gasteiger partial charge is 0.370 e. The Morgan fingerprint density at radius 3 is 2.47 bits per heavy atom. The van der Waals surface area contributed by atoms with E-state index in [-0.39, 0.29) is 11.9 Å². The number of hydrogen-bond acceptors (Lipinski definition) is 2. The van der Waals surface area contributed by atoms with Crippen molar-refractivity contribution in [2.24, 2.45) is 5.92 Å². The van der Waals surface area contributed by atoms with Crippen LogP contribution in [0.4, 0.5) is 0 Å². The number of carbonyl (C=O) groups is 1. The Balaban J connectivity index is 2.56. The summed E-state index contributed by atoms with van der Waals surface area (Å²) in [5.74, 6) is 0.687. The van der Waals surface area contributed by atoms with E-state index in [2.05, 4.69) is 6.58 Å². The minimum atomic E-state index is -0.177. The fourth-order valence-electron chi connectivity index (χ4n) is 2.58. The van der Waals surface area contributed by atoms with Crippen molar-refractivity contribution in [3.63, 3.8) is 0 Å². The van der Waals surface area contributed by atoms with E-state index in [4.69, 9.17) is 4.74 Å². The molecule has 0 amide bonds. The topological polar surface area (TPSA) is 26.3 Å². The maximum absolute atomic E-state index is 12.2. The Morgan fingerprint density at radius 2 is 1.94 bits per heavy atom. The van der Waals surface area contributed by atoms with Crippen molar-refractivity contribution in [1.82, 2.24) is 0 Å². The molecule has 0 aliphatic heterocycles. The molecule has 0 spiro atoms. The van der Waals surface area contributed by atoms with E-state index in [0.29, 0.717) is 18.9 Å². The molecule has 1 aliphatic carbocycles. The van der Waals surface area contributed by atoms with Crippen molar-refractivity contribution < 1.29 is 9.53 Å². The lowest BCUT2D eigenvalue weighted by molar-refractivity contribution is -0.134. The molecule has 0 N–H and O–H groups in total. The molecule has 0 aromatic heterocycles. The lowest BCUT2D eigenvalue weighted by Crippen LogP contribution is -2.34. The first-order valence-corrected chi connectivity index (χ1v) is 7.00. The van der Waals surface area contributed by atoms with Gasteiger partial charge in [0.15, 0.2) is 5.78 Å².